The van der Waals surface area contributed by atoms with Crippen LogP contribution in [0.4, 0.5) is 5.95 Å². The van der Waals surface area contributed by atoms with Crippen molar-refractivity contribution in [3.63, 3.8) is 0 Å². The lowest BCUT2D eigenvalue weighted by Gasteiger charge is -2.19. The first kappa shape index (κ1) is 17.0. The van der Waals surface area contributed by atoms with Gasteiger partial charge in [0.1, 0.15) is 0 Å². The minimum absolute atomic E-state index is 0.608. The highest BCUT2D eigenvalue weighted by molar-refractivity contribution is 5.60. The zero-order valence-electron chi connectivity index (χ0n) is 15.8. The van der Waals surface area contributed by atoms with Crippen molar-refractivity contribution in [2.24, 2.45) is 17.8 Å². The molecular formula is C21H22N6O. The number of pyridine rings is 1. The van der Waals surface area contributed by atoms with Gasteiger partial charge in [0.05, 0.1) is 19.0 Å². The van der Waals surface area contributed by atoms with Gasteiger partial charge in [-0.25, -0.2) is 15.0 Å². The monoisotopic (exact) mass is 374 g/mol. The van der Waals surface area contributed by atoms with Crippen molar-refractivity contribution in [1.29, 1.82) is 0 Å². The molecule has 142 valence electrons. The van der Waals surface area contributed by atoms with Crippen LogP contribution in [0.25, 0.3) is 11.1 Å². The van der Waals surface area contributed by atoms with E-state index in [0.717, 1.165) is 43.2 Å². The van der Waals surface area contributed by atoms with E-state index < -0.39 is 0 Å². The number of piperidine rings is 1. The summed E-state index contributed by atoms with van der Waals surface area (Å²) in [5.74, 6) is 3.49. The molecule has 4 heterocycles. The number of hydrogen-bond acceptors (Lipinski definition) is 7. The van der Waals surface area contributed by atoms with Crippen molar-refractivity contribution in [1.82, 2.24) is 25.1 Å². The summed E-state index contributed by atoms with van der Waals surface area (Å²) in [5, 5.41) is 7.70. The average molecular weight is 374 g/mol. The largest absolute Gasteiger partial charge is 0.477 e. The maximum Gasteiger partial charge on any atom is 0.225 e. The van der Waals surface area contributed by atoms with Gasteiger partial charge < -0.3 is 9.64 Å². The molecule has 0 spiro atoms. The fraction of sp³-hybridized carbons (Fsp3) is 0.381. The highest BCUT2D eigenvalue weighted by Crippen LogP contribution is 2.52. The third-order valence-electron chi connectivity index (χ3n) is 5.83. The number of anilines is 1. The van der Waals surface area contributed by atoms with E-state index >= 15 is 0 Å². The summed E-state index contributed by atoms with van der Waals surface area (Å²) in [6.07, 6.45) is 10.1. The first-order valence-electron chi connectivity index (χ1n) is 9.73. The van der Waals surface area contributed by atoms with Crippen LogP contribution in [0, 0.1) is 17.8 Å². The molecule has 3 atom stereocenters. The Morgan fingerprint density at radius 3 is 2.36 bits per heavy atom. The minimum atomic E-state index is 0.608. The summed E-state index contributed by atoms with van der Waals surface area (Å²) in [7, 11) is 0. The third kappa shape index (κ3) is 3.28. The Balaban J connectivity index is 1.13. The zero-order valence-corrected chi connectivity index (χ0v) is 15.8. The summed E-state index contributed by atoms with van der Waals surface area (Å²) >= 11 is 0. The molecule has 28 heavy (non-hydrogen) atoms. The molecule has 7 heteroatoms. The number of hydrogen-bond donors (Lipinski definition) is 0. The second-order valence-electron chi connectivity index (χ2n) is 7.47. The van der Waals surface area contributed by atoms with Crippen LogP contribution in [0.15, 0.2) is 49.2 Å². The molecule has 0 aromatic carbocycles. The molecule has 3 aromatic rings. The van der Waals surface area contributed by atoms with E-state index in [1.807, 2.05) is 36.8 Å². The van der Waals surface area contributed by atoms with Crippen LogP contribution in [-0.4, -0.2) is 44.8 Å². The molecular weight excluding hydrogens is 352 g/mol. The lowest BCUT2D eigenvalue weighted by Crippen LogP contribution is -2.27. The van der Waals surface area contributed by atoms with Gasteiger partial charge in [0, 0.05) is 54.8 Å². The van der Waals surface area contributed by atoms with Crippen molar-refractivity contribution in [2.45, 2.75) is 13.3 Å². The Hall–Kier alpha value is -3.09. The Labute approximate surface area is 163 Å². The van der Waals surface area contributed by atoms with Gasteiger partial charge in [-0.05, 0) is 36.0 Å². The molecule has 0 bridgehead atoms. The van der Waals surface area contributed by atoms with Crippen molar-refractivity contribution in [3.8, 4) is 17.0 Å². The number of nitrogens with zero attached hydrogens (tertiary/aromatic N) is 6. The molecule has 7 nitrogen and oxygen atoms in total. The van der Waals surface area contributed by atoms with Crippen molar-refractivity contribution in [3.05, 3.63) is 54.7 Å². The molecule has 2 fully saturated rings. The highest BCUT2D eigenvalue weighted by Gasteiger charge is 2.56. The third-order valence-corrected chi connectivity index (χ3v) is 5.83. The summed E-state index contributed by atoms with van der Waals surface area (Å²) in [5.41, 5.74) is 3.19. The second kappa shape index (κ2) is 7.14. The number of aromatic nitrogens is 5. The molecule has 0 N–H and O–H groups in total. The second-order valence-corrected chi connectivity index (χ2v) is 7.47. The molecule has 5 rings (SSSR count). The fourth-order valence-corrected chi connectivity index (χ4v) is 4.03. The van der Waals surface area contributed by atoms with Crippen LogP contribution >= 0.6 is 0 Å². The Morgan fingerprint density at radius 1 is 0.929 bits per heavy atom. The SMILES string of the molecule is CCc1cnc(N2C[C@@H]3C(COc4ccc(-c5ccnnc5)cn4)[C@@H]3C2)nc1. The lowest BCUT2D eigenvalue weighted by molar-refractivity contribution is 0.273. The summed E-state index contributed by atoms with van der Waals surface area (Å²) in [6, 6.07) is 5.84. The van der Waals surface area contributed by atoms with Crippen molar-refractivity contribution >= 4 is 5.95 Å². The van der Waals surface area contributed by atoms with E-state index in [-0.39, 0.29) is 0 Å². The van der Waals surface area contributed by atoms with Gasteiger partial charge in [-0.3, -0.25) is 0 Å². The van der Waals surface area contributed by atoms with E-state index in [9.17, 15) is 0 Å². The number of rotatable bonds is 6. The first-order chi connectivity index (χ1) is 13.8. The fourth-order valence-electron chi connectivity index (χ4n) is 4.03. The van der Waals surface area contributed by atoms with Crippen molar-refractivity contribution < 1.29 is 4.74 Å². The van der Waals surface area contributed by atoms with Crippen LogP contribution < -0.4 is 9.64 Å². The Bertz CT molecular complexity index is 919. The van der Waals surface area contributed by atoms with E-state index in [1.165, 1.54) is 5.56 Å². The molecule has 1 saturated heterocycles. The van der Waals surface area contributed by atoms with Gasteiger partial charge in [0.2, 0.25) is 11.8 Å². The minimum Gasteiger partial charge on any atom is -0.477 e. The topological polar surface area (TPSA) is 76.9 Å². The summed E-state index contributed by atoms with van der Waals surface area (Å²) in [6.45, 7) is 4.88. The van der Waals surface area contributed by atoms with Gasteiger partial charge in [0.15, 0.2) is 0 Å². The van der Waals surface area contributed by atoms with E-state index in [0.29, 0.717) is 23.6 Å². The average Bonchev–Trinajstić information content (AvgIpc) is 3.22. The molecule has 2 aliphatic rings. The number of aryl methyl sites for hydroxylation is 1. The molecule has 1 unspecified atom stereocenters. The van der Waals surface area contributed by atoms with Crippen LogP contribution in [0.5, 0.6) is 5.88 Å². The maximum absolute atomic E-state index is 5.94. The number of fused-ring (bicyclic) bond motifs is 1. The predicted molar refractivity (Wildman–Crippen MR) is 105 cm³/mol. The number of ether oxygens (including phenoxy) is 1. The highest BCUT2D eigenvalue weighted by atomic mass is 16.5. The predicted octanol–water partition coefficient (Wildman–Crippen LogP) is 2.65. The lowest BCUT2D eigenvalue weighted by atomic mass is 10.1. The Kier molecular flexibility index (Phi) is 4.35. The van der Waals surface area contributed by atoms with Crippen LogP contribution in [0.1, 0.15) is 12.5 Å². The summed E-state index contributed by atoms with van der Waals surface area (Å²) in [4.78, 5) is 15.7. The van der Waals surface area contributed by atoms with Gasteiger partial charge in [-0.15, -0.1) is 0 Å². The normalized spacial score (nSPS) is 22.8. The quantitative estimate of drug-likeness (QED) is 0.656. The van der Waals surface area contributed by atoms with E-state index in [2.05, 4.69) is 37.0 Å². The molecule has 0 radical (unpaired) electrons. The maximum atomic E-state index is 5.94. The molecule has 1 aliphatic heterocycles. The van der Waals surface area contributed by atoms with Gasteiger partial charge in [-0.1, -0.05) is 6.92 Å². The van der Waals surface area contributed by atoms with Crippen LogP contribution in [0.3, 0.4) is 0 Å². The smallest absolute Gasteiger partial charge is 0.225 e. The molecule has 0 amide bonds. The molecule has 1 saturated carbocycles. The van der Waals surface area contributed by atoms with Crippen molar-refractivity contribution in [2.75, 3.05) is 24.6 Å². The zero-order chi connectivity index (χ0) is 18.9. The van der Waals surface area contributed by atoms with Gasteiger partial charge in [-0.2, -0.15) is 10.2 Å². The standard InChI is InChI=1S/C21H22N6O/c1-2-14-7-23-21(24-8-14)27-11-17-18(12-27)19(17)13-28-20-4-3-15(9-22-20)16-5-6-25-26-10-16/h3-10,17-19H,2,11-13H2,1H3/t17-,18+,19?. The molecule has 3 aromatic heterocycles. The van der Waals surface area contributed by atoms with Crippen LogP contribution in [-0.2, 0) is 6.42 Å². The van der Waals surface area contributed by atoms with Gasteiger partial charge in [0.25, 0.3) is 0 Å². The van der Waals surface area contributed by atoms with E-state index in [1.54, 1.807) is 12.4 Å². The molecule has 1 aliphatic carbocycles. The summed E-state index contributed by atoms with van der Waals surface area (Å²) < 4.78 is 5.94. The van der Waals surface area contributed by atoms with Gasteiger partial charge >= 0.3 is 0 Å². The Morgan fingerprint density at radius 2 is 1.71 bits per heavy atom. The first-order valence-corrected chi connectivity index (χ1v) is 9.73. The van der Waals surface area contributed by atoms with Crippen LogP contribution in [0.2, 0.25) is 0 Å². The van der Waals surface area contributed by atoms with E-state index in [4.69, 9.17) is 4.74 Å².